The van der Waals surface area contributed by atoms with Gasteiger partial charge in [0.05, 0.1) is 23.1 Å². The van der Waals surface area contributed by atoms with Crippen molar-refractivity contribution in [3.8, 4) is 0 Å². The summed E-state index contributed by atoms with van der Waals surface area (Å²) in [5.41, 5.74) is 4.26. The molecule has 0 spiro atoms. The molecule has 0 fully saturated rings. The van der Waals surface area contributed by atoms with E-state index in [2.05, 4.69) is 72.1 Å². The third-order valence-corrected chi connectivity index (χ3v) is 5.19. The van der Waals surface area contributed by atoms with Crippen molar-refractivity contribution in [2.24, 2.45) is 0 Å². The molecule has 0 saturated carbocycles. The fourth-order valence-electron chi connectivity index (χ4n) is 3.88. The summed E-state index contributed by atoms with van der Waals surface area (Å²) < 4.78 is 0. The van der Waals surface area contributed by atoms with Crippen LogP contribution in [0.1, 0.15) is 50.6 Å². The summed E-state index contributed by atoms with van der Waals surface area (Å²) in [6.07, 6.45) is 4.43. The van der Waals surface area contributed by atoms with Crippen LogP contribution in [-0.2, 0) is 11.8 Å². The number of benzene rings is 2. The van der Waals surface area contributed by atoms with Gasteiger partial charge in [-0.25, -0.2) is 9.97 Å². The molecule has 0 aliphatic rings. The first-order valence-corrected chi connectivity index (χ1v) is 9.41. The van der Waals surface area contributed by atoms with Crippen LogP contribution in [-0.4, -0.2) is 20.2 Å². The molecule has 2 aromatic heterocycles. The highest BCUT2D eigenvalue weighted by Gasteiger charge is 2.26. The predicted octanol–water partition coefficient (Wildman–Crippen LogP) is 5.22. The van der Waals surface area contributed by atoms with Gasteiger partial charge in [-0.1, -0.05) is 64.1 Å². The Labute approximate surface area is 159 Å². The molecule has 4 nitrogen and oxygen atoms in total. The molecule has 136 valence electrons. The van der Waals surface area contributed by atoms with Crippen molar-refractivity contribution in [1.29, 1.82) is 0 Å². The first kappa shape index (κ1) is 17.5. The Morgan fingerprint density at radius 2 is 1.67 bits per heavy atom. The number of para-hydroxylation sites is 1. The van der Waals surface area contributed by atoms with Gasteiger partial charge < -0.3 is 0 Å². The Morgan fingerprint density at radius 1 is 0.889 bits per heavy atom. The zero-order valence-corrected chi connectivity index (χ0v) is 16.3. The van der Waals surface area contributed by atoms with Gasteiger partial charge in [0.1, 0.15) is 6.33 Å². The molecule has 27 heavy (non-hydrogen) atoms. The first-order chi connectivity index (χ1) is 13.0. The van der Waals surface area contributed by atoms with E-state index < -0.39 is 0 Å². The maximum Gasteiger partial charge on any atom is 0.116 e. The maximum atomic E-state index is 4.66. The Kier molecular flexibility index (Phi) is 4.34. The zero-order valence-electron chi connectivity index (χ0n) is 16.3. The molecular formula is C23H24N4. The van der Waals surface area contributed by atoms with Crippen LogP contribution in [0.2, 0.25) is 0 Å². The number of hydrogen-bond acceptors (Lipinski definition) is 4. The first-order valence-electron chi connectivity index (χ1n) is 9.41. The number of rotatable bonds is 4. The standard InChI is InChI=1S/C23H24N4/c1-15(2)21-17-10-7-8-16(19(17)13-26-27-21)12-23(3,4)22-18-9-5-6-11-20(18)24-14-25-22/h5-11,13-15H,12H2,1-4H3. The van der Waals surface area contributed by atoms with Crippen LogP contribution in [0, 0.1) is 0 Å². The van der Waals surface area contributed by atoms with Crippen molar-refractivity contribution in [2.75, 3.05) is 0 Å². The highest BCUT2D eigenvalue weighted by atomic mass is 15.1. The van der Waals surface area contributed by atoms with Gasteiger partial charge >= 0.3 is 0 Å². The van der Waals surface area contributed by atoms with Gasteiger partial charge in [0.15, 0.2) is 0 Å². The Hall–Kier alpha value is -2.88. The van der Waals surface area contributed by atoms with E-state index in [9.17, 15) is 0 Å². The van der Waals surface area contributed by atoms with Crippen molar-refractivity contribution in [2.45, 2.75) is 45.4 Å². The molecule has 2 aromatic carbocycles. The summed E-state index contributed by atoms with van der Waals surface area (Å²) >= 11 is 0. The van der Waals surface area contributed by atoms with Gasteiger partial charge in [0, 0.05) is 21.6 Å². The van der Waals surface area contributed by atoms with E-state index in [-0.39, 0.29) is 5.41 Å². The average Bonchev–Trinajstić information content (AvgIpc) is 2.67. The predicted molar refractivity (Wildman–Crippen MR) is 110 cm³/mol. The van der Waals surface area contributed by atoms with Gasteiger partial charge in [-0.2, -0.15) is 10.2 Å². The summed E-state index contributed by atoms with van der Waals surface area (Å²) in [5, 5.41) is 12.1. The minimum absolute atomic E-state index is 0.141. The second-order valence-electron chi connectivity index (χ2n) is 8.06. The van der Waals surface area contributed by atoms with E-state index in [4.69, 9.17) is 0 Å². The van der Waals surface area contributed by atoms with Crippen LogP contribution < -0.4 is 0 Å². The van der Waals surface area contributed by atoms with E-state index in [0.29, 0.717) is 5.92 Å². The molecule has 4 aromatic rings. The highest BCUT2D eigenvalue weighted by Crippen LogP contribution is 2.33. The van der Waals surface area contributed by atoms with Crippen molar-refractivity contribution in [3.05, 3.63) is 71.9 Å². The minimum Gasteiger partial charge on any atom is -0.240 e. The Balaban J connectivity index is 1.82. The molecule has 4 heteroatoms. The molecule has 0 unspecified atom stereocenters. The number of fused-ring (bicyclic) bond motifs is 2. The summed E-state index contributed by atoms with van der Waals surface area (Å²) in [5.74, 6) is 0.343. The third-order valence-electron chi connectivity index (χ3n) is 5.19. The fraction of sp³-hybridized carbons (Fsp3) is 0.304. The highest BCUT2D eigenvalue weighted by molar-refractivity contribution is 5.87. The number of aromatic nitrogens is 4. The molecule has 0 bridgehead atoms. The largest absolute Gasteiger partial charge is 0.240 e. The van der Waals surface area contributed by atoms with Crippen LogP contribution in [0.5, 0.6) is 0 Å². The van der Waals surface area contributed by atoms with Gasteiger partial charge in [-0.15, -0.1) is 0 Å². The lowest BCUT2D eigenvalue weighted by molar-refractivity contribution is 0.511. The summed E-state index contributed by atoms with van der Waals surface area (Å²) in [4.78, 5) is 9.08. The smallest absolute Gasteiger partial charge is 0.116 e. The SMILES string of the molecule is CC(C)c1nncc2c(CC(C)(C)c3ncnc4ccccc34)cccc12. The van der Waals surface area contributed by atoms with Gasteiger partial charge in [-0.05, 0) is 24.0 Å². The third kappa shape index (κ3) is 3.16. The van der Waals surface area contributed by atoms with E-state index in [1.807, 2.05) is 24.4 Å². The molecular weight excluding hydrogens is 332 g/mol. The minimum atomic E-state index is -0.141. The average molecular weight is 356 g/mol. The van der Waals surface area contributed by atoms with Crippen LogP contribution in [0.15, 0.2) is 55.0 Å². The Morgan fingerprint density at radius 3 is 2.48 bits per heavy atom. The molecule has 0 aliphatic carbocycles. The molecule has 2 heterocycles. The van der Waals surface area contributed by atoms with Crippen LogP contribution >= 0.6 is 0 Å². The fourth-order valence-corrected chi connectivity index (χ4v) is 3.88. The monoisotopic (exact) mass is 356 g/mol. The van der Waals surface area contributed by atoms with Crippen molar-refractivity contribution >= 4 is 21.7 Å². The van der Waals surface area contributed by atoms with Crippen molar-refractivity contribution in [1.82, 2.24) is 20.2 Å². The second kappa shape index (κ2) is 6.69. The quantitative estimate of drug-likeness (QED) is 0.503. The van der Waals surface area contributed by atoms with Crippen molar-refractivity contribution < 1.29 is 0 Å². The van der Waals surface area contributed by atoms with Crippen LogP contribution in [0.4, 0.5) is 0 Å². The van der Waals surface area contributed by atoms with Crippen molar-refractivity contribution in [3.63, 3.8) is 0 Å². The summed E-state index contributed by atoms with van der Waals surface area (Å²) in [6.45, 7) is 8.82. The van der Waals surface area contributed by atoms with Gasteiger partial charge in [0.2, 0.25) is 0 Å². The number of hydrogen-bond donors (Lipinski definition) is 0. The molecule has 0 N–H and O–H groups in total. The van der Waals surface area contributed by atoms with Crippen LogP contribution in [0.3, 0.4) is 0 Å². The lowest BCUT2D eigenvalue weighted by Crippen LogP contribution is -2.23. The van der Waals surface area contributed by atoms with Gasteiger partial charge in [-0.3, -0.25) is 0 Å². The summed E-state index contributed by atoms with van der Waals surface area (Å²) in [6, 6.07) is 14.7. The molecule has 0 saturated heterocycles. The molecule has 0 atom stereocenters. The molecule has 4 rings (SSSR count). The van der Waals surface area contributed by atoms with E-state index in [1.165, 1.54) is 16.3 Å². The van der Waals surface area contributed by atoms with Crippen LogP contribution in [0.25, 0.3) is 21.7 Å². The Bertz CT molecular complexity index is 1110. The lowest BCUT2D eigenvalue weighted by Gasteiger charge is -2.26. The maximum absolute atomic E-state index is 4.66. The summed E-state index contributed by atoms with van der Waals surface area (Å²) in [7, 11) is 0. The normalized spacial score (nSPS) is 12.2. The van der Waals surface area contributed by atoms with E-state index in [0.717, 1.165) is 28.7 Å². The second-order valence-corrected chi connectivity index (χ2v) is 8.06. The molecule has 0 aliphatic heterocycles. The lowest BCUT2D eigenvalue weighted by atomic mass is 9.80. The number of nitrogens with zero attached hydrogens (tertiary/aromatic N) is 4. The molecule has 0 amide bonds. The van der Waals surface area contributed by atoms with Gasteiger partial charge in [0.25, 0.3) is 0 Å². The van der Waals surface area contributed by atoms with E-state index >= 15 is 0 Å². The molecule has 0 radical (unpaired) electrons. The van der Waals surface area contributed by atoms with E-state index in [1.54, 1.807) is 6.33 Å². The topological polar surface area (TPSA) is 51.6 Å². The zero-order chi connectivity index (χ0) is 19.0.